The first-order chi connectivity index (χ1) is 9.77. The first-order valence-electron chi connectivity index (χ1n) is 6.64. The standard InChI is InChI=1S/C15H18N2O3/c1-19-10-9-17(8-4-7-16)15(18)13-11-20-14-6-3-2-5-12(13)14/h2-3,5-6,13H,4,8-11H2,1H3. The van der Waals surface area contributed by atoms with Crippen LogP contribution in [0.5, 0.6) is 5.75 Å². The monoisotopic (exact) mass is 274 g/mol. The van der Waals surface area contributed by atoms with E-state index in [9.17, 15) is 4.79 Å². The highest BCUT2D eigenvalue weighted by Crippen LogP contribution is 2.34. The third-order valence-corrected chi connectivity index (χ3v) is 3.37. The van der Waals surface area contributed by atoms with Gasteiger partial charge in [-0.1, -0.05) is 18.2 Å². The first kappa shape index (κ1) is 14.4. The Morgan fingerprint density at radius 1 is 1.50 bits per heavy atom. The molecule has 1 amide bonds. The number of methoxy groups -OCH3 is 1. The fourth-order valence-electron chi connectivity index (χ4n) is 2.31. The Morgan fingerprint density at radius 2 is 2.30 bits per heavy atom. The summed E-state index contributed by atoms with van der Waals surface area (Å²) in [5.41, 5.74) is 0.928. The molecule has 1 aliphatic rings. The van der Waals surface area contributed by atoms with Gasteiger partial charge in [0.25, 0.3) is 0 Å². The molecule has 1 aliphatic heterocycles. The minimum Gasteiger partial charge on any atom is -0.492 e. The number of ether oxygens (including phenoxy) is 2. The fourth-order valence-corrected chi connectivity index (χ4v) is 2.31. The predicted octanol–water partition coefficient (Wildman–Crippen LogP) is 1.55. The number of fused-ring (bicyclic) bond motifs is 1. The van der Waals surface area contributed by atoms with E-state index in [0.717, 1.165) is 11.3 Å². The summed E-state index contributed by atoms with van der Waals surface area (Å²) >= 11 is 0. The topological polar surface area (TPSA) is 62.6 Å². The van der Waals surface area contributed by atoms with E-state index in [1.165, 1.54) is 0 Å². The molecular formula is C15H18N2O3. The Morgan fingerprint density at radius 3 is 3.05 bits per heavy atom. The number of para-hydroxylation sites is 1. The Kier molecular flexibility index (Phi) is 4.97. The van der Waals surface area contributed by atoms with Crippen molar-refractivity contribution in [2.24, 2.45) is 0 Å². The van der Waals surface area contributed by atoms with Crippen LogP contribution in [-0.2, 0) is 9.53 Å². The van der Waals surface area contributed by atoms with Gasteiger partial charge in [0.05, 0.1) is 19.1 Å². The third kappa shape index (κ3) is 3.09. The number of benzene rings is 1. The largest absolute Gasteiger partial charge is 0.492 e. The zero-order chi connectivity index (χ0) is 14.4. The van der Waals surface area contributed by atoms with Gasteiger partial charge in [0.15, 0.2) is 0 Å². The van der Waals surface area contributed by atoms with Crippen LogP contribution in [-0.4, -0.2) is 44.2 Å². The van der Waals surface area contributed by atoms with Crippen molar-refractivity contribution in [2.75, 3.05) is 33.4 Å². The van der Waals surface area contributed by atoms with Gasteiger partial charge in [0.1, 0.15) is 18.3 Å². The highest BCUT2D eigenvalue weighted by Gasteiger charge is 2.32. The van der Waals surface area contributed by atoms with Gasteiger partial charge >= 0.3 is 0 Å². The molecule has 0 aliphatic carbocycles. The maximum Gasteiger partial charge on any atom is 0.233 e. The van der Waals surface area contributed by atoms with Crippen LogP contribution in [0.1, 0.15) is 17.9 Å². The third-order valence-electron chi connectivity index (χ3n) is 3.37. The maximum atomic E-state index is 12.6. The van der Waals surface area contributed by atoms with Crippen molar-refractivity contribution >= 4 is 5.91 Å². The first-order valence-corrected chi connectivity index (χ1v) is 6.64. The van der Waals surface area contributed by atoms with Crippen molar-refractivity contribution in [3.8, 4) is 11.8 Å². The van der Waals surface area contributed by atoms with Crippen LogP contribution >= 0.6 is 0 Å². The zero-order valence-corrected chi connectivity index (χ0v) is 11.5. The number of carbonyl (C=O) groups excluding carboxylic acids is 1. The van der Waals surface area contributed by atoms with Crippen molar-refractivity contribution < 1.29 is 14.3 Å². The minimum atomic E-state index is -0.276. The molecular weight excluding hydrogens is 256 g/mol. The Hall–Kier alpha value is -2.06. The van der Waals surface area contributed by atoms with Crippen molar-refractivity contribution in [3.05, 3.63) is 29.8 Å². The smallest absolute Gasteiger partial charge is 0.233 e. The quantitative estimate of drug-likeness (QED) is 0.789. The average Bonchev–Trinajstić information content (AvgIpc) is 2.91. The molecule has 0 spiro atoms. The van der Waals surface area contributed by atoms with Gasteiger partial charge < -0.3 is 14.4 Å². The second-order valence-corrected chi connectivity index (χ2v) is 4.63. The van der Waals surface area contributed by atoms with Crippen LogP contribution < -0.4 is 4.74 Å². The SMILES string of the molecule is COCCN(CCC#N)C(=O)C1COc2ccccc21. The van der Waals surface area contributed by atoms with Crippen molar-refractivity contribution in [3.63, 3.8) is 0 Å². The molecule has 0 bridgehead atoms. The molecule has 20 heavy (non-hydrogen) atoms. The van der Waals surface area contributed by atoms with Crippen LogP contribution in [0.3, 0.4) is 0 Å². The highest BCUT2D eigenvalue weighted by molar-refractivity contribution is 5.85. The molecule has 0 saturated carbocycles. The number of nitriles is 1. The molecule has 2 rings (SSSR count). The summed E-state index contributed by atoms with van der Waals surface area (Å²) in [4.78, 5) is 14.3. The molecule has 0 fully saturated rings. The molecule has 0 radical (unpaired) electrons. The van der Waals surface area contributed by atoms with Gasteiger partial charge in [-0.25, -0.2) is 0 Å². The van der Waals surface area contributed by atoms with Crippen LogP contribution in [0.2, 0.25) is 0 Å². The Labute approximate surface area is 118 Å². The van der Waals surface area contributed by atoms with Gasteiger partial charge in [0.2, 0.25) is 5.91 Å². The molecule has 0 aromatic heterocycles. The molecule has 5 nitrogen and oxygen atoms in total. The number of nitrogens with zero attached hydrogens (tertiary/aromatic N) is 2. The van der Waals surface area contributed by atoms with Gasteiger partial charge in [-0.15, -0.1) is 0 Å². The molecule has 1 aromatic rings. The van der Waals surface area contributed by atoms with Crippen LogP contribution in [0.15, 0.2) is 24.3 Å². The Bertz CT molecular complexity index is 510. The van der Waals surface area contributed by atoms with E-state index in [1.807, 2.05) is 24.3 Å². The van der Waals surface area contributed by atoms with Crippen LogP contribution in [0, 0.1) is 11.3 Å². The highest BCUT2D eigenvalue weighted by atomic mass is 16.5. The number of carbonyl (C=O) groups is 1. The number of rotatable bonds is 6. The summed E-state index contributed by atoms with van der Waals surface area (Å²) in [6.45, 7) is 1.76. The number of hydrogen-bond acceptors (Lipinski definition) is 4. The van der Waals surface area contributed by atoms with E-state index in [4.69, 9.17) is 14.7 Å². The van der Waals surface area contributed by atoms with Gasteiger partial charge in [-0.3, -0.25) is 4.79 Å². The lowest BCUT2D eigenvalue weighted by atomic mass is 10.00. The Balaban J connectivity index is 2.10. The summed E-state index contributed by atoms with van der Waals surface area (Å²) in [5.74, 6) is 0.502. The summed E-state index contributed by atoms with van der Waals surface area (Å²) in [5, 5.41) is 8.70. The molecule has 1 heterocycles. The lowest BCUT2D eigenvalue weighted by Crippen LogP contribution is -2.38. The summed E-state index contributed by atoms with van der Waals surface area (Å²) in [6.07, 6.45) is 0.324. The lowest BCUT2D eigenvalue weighted by Gasteiger charge is -2.24. The van der Waals surface area contributed by atoms with E-state index >= 15 is 0 Å². The van der Waals surface area contributed by atoms with Crippen molar-refractivity contribution in [2.45, 2.75) is 12.3 Å². The predicted molar refractivity (Wildman–Crippen MR) is 73.4 cm³/mol. The summed E-state index contributed by atoms with van der Waals surface area (Å²) in [6, 6.07) is 9.66. The lowest BCUT2D eigenvalue weighted by molar-refractivity contribution is -0.133. The average molecular weight is 274 g/mol. The van der Waals surface area contributed by atoms with Crippen molar-refractivity contribution in [1.29, 1.82) is 5.26 Å². The van der Waals surface area contributed by atoms with Crippen LogP contribution in [0.25, 0.3) is 0 Å². The van der Waals surface area contributed by atoms with Gasteiger partial charge in [-0.2, -0.15) is 5.26 Å². The summed E-state index contributed by atoms with van der Waals surface area (Å²) < 4.78 is 10.6. The summed E-state index contributed by atoms with van der Waals surface area (Å²) in [7, 11) is 1.60. The molecule has 0 N–H and O–H groups in total. The van der Waals surface area contributed by atoms with E-state index in [1.54, 1.807) is 12.0 Å². The fraction of sp³-hybridized carbons (Fsp3) is 0.467. The zero-order valence-electron chi connectivity index (χ0n) is 11.5. The van der Waals surface area contributed by atoms with Crippen LogP contribution in [0.4, 0.5) is 0 Å². The van der Waals surface area contributed by atoms with Gasteiger partial charge in [0, 0.05) is 25.8 Å². The molecule has 0 saturated heterocycles. The van der Waals surface area contributed by atoms with Crippen molar-refractivity contribution in [1.82, 2.24) is 4.90 Å². The van der Waals surface area contributed by atoms with E-state index < -0.39 is 0 Å². The minimum absolute atomic E-state index is 0.00208. The maximum absolute atomic E-state index is 12.6. The second-order valence-electron chi connectivity index (χ2n) is 4.63. The normalized spacial score (nSPS) is 16.1. The molecule has 5 heteroatoms. The molecule has 106 valence electrons. The van der Waals surface area contributed by atoms with E-state index in [2.05, 4.69) is 6.07 Å². The second kappa shape index (κ2) is 6.92. The number of amides is 1. The molecule has 1 unspecified atom stereocenters. The van der Waals surface area contributed by atoms with Gasteiger partial charge in [-0.05, 0) is 6.07 Å². The molecule has 1 aromatic carbocycles. The van der Waals surface area contributed by atoms with E-state index in [-0.39, 0.29) is 11.8 Å². The van der Waals surface area contributed by atoms with E-state index in [0.29, 0.717) is 32.7 Å². The number of hydrogen-bond donors (Lipinski definition) is 0. The molecule has 1 atom stereocenters.